The summed E-state index contributed by atoms with van der Waals surface area (Å²) in [6.45, 7) is 3.11. The van der Waals surface area contributed by atoms with Crippen molar-refractivity contribution in [3.63, 3.8) is 0 Å². The number of carbonyl (C=O) groups is 2. The SMILES string of the molecule is Cc1cc(C(=O)OCC(=O)N2c3ccccc3C[C@H]2C)ccc1[N+](=O)[O-]. The van der Waals surface area contributed by atoms with Gasteiger partial charge < -0.3 is 9.64 Å². The van der Waals surface area contributed by atoms with E-state index in [1.165, 1.54) is 18.2 Å². The van der Waals surface area contributed by atoms with E-state index >= 15 is 0 Å². The molecule has 7 nitrogen and oxygen atoms in total. The van der Waals surface area contributed by atoms with Crippen LogP contribution in [0.3, 0.4) is 0 Å². The molecule has 2 aromatic rings. The van der Waals surface area contributed by atoms with Gasteiger partial charge in [-0.2, -0.15) is 0 Å². The van der Waals surface area contributed by atoms with Crippen LogP contribution < -0.4 is 4.90 Å². The van der Waals surface area contributed by atoms with Crippen LogP contribution in [0.1, 0.15) is 28.4 Å². The second kappa shape index (κ2) is 6.95. The highest BCUT2D eigenvalue weighted by Gasteiger charge is 2.31. The lowest BCUT2D eigenvalue weighted by molar-refractivity contribution is -0.385. The van der Waals surface area contributed by atoms with E-state index in [0.29, 0.717) is 5.56 Å². The number of amides is 1. The summed E-state index contributed by atoms with van der Waals surface area (Å²) in [5.41, 5.74) is 2.40. The minimum Gasteiger partial charge on any atom is -0.452 e. The van der Waals surface area contributed by atoms with Crippen LogP contribution in [-0.4, -0.2) is 29.4 Å². The molecule has 26 heavy (non-hydrogen) atoms. The van der Waals surface area contributed by atoms with Crippen LogP contribution in [-0.2, 0) is 16.0 Å². The molecule has 7 heteroatoms. The van der Waals surface area contributed by atoms with Crippen LogP contribution in [0.5, 0.6) is 0 Å². The fraction of sp³-hybridized carbons (Fsp3) is 0.263. The number of para-hydroxylation sites is 1. The van der Waals surface area contributed by atoms with Crippen molar-refractivity contribution in [2.24, 2.45) is 0 Å². The van der Waals surface area contributed by atoms with E-state index in [0.717, 1.165) is 17.7 Å². The lowest BCUT2D eigenvalue weighted by Crippen LogP contribution is -2.38. The normalized spacial score (nSPS) is 15.5. The number of nitrogens with zero attached hydrogens (tertiary/aromatic N) is 2. The maximum atomic E-state index is 12.5. The first-order chi connectivity index (χ1) is 12.4. The summed E-state index contributed by atoms with van der Waals surface area (Å²) in [7, 11) is 0. The van der Waals surface area contributed by atoms with Gasteiger partial charge in [0.15, 0.2) is 6.61 Å². The molecule has 1 aliphatic rings. The van der Waals surface area contributed by atoms with Crippen molar-refractivity contribution in [1.29, 1.82) is 0 Å². The molecule has 0 bridgehead atoms. The minimum absolute atomic E-state index is 0.000205. The molecule has 134 valence electrons. The van der Waals surface area contributed by atoms with Crippen molar-refractivity contribution in [2.75, 3.05) is 11.5 Å². The van der Waals surface area contributed by atoms with Gasteiger partial charge in [-0.25, -0.2) is 4.79 Å². The van der Waals surface area contributed by atoms with Gasteiger partial charge in [-0.15, -0.1) is 0 Å². The van der Waals surface area contributed by atoms with Crippen LogP contribution in [0, 0.1) is 17.0 Å². The zero-order valence-corrected chi connectivity index (χ0v) is 14.5. The molecule has 0 radical (unpaired) electrons. The zero-order chi connectivity index (χ0) is 18.8. The molecule has 0 saturated carbocycles. The largest absolute Gasteiger partial charge is 0.452 e. The van der Waals surface area contributed by atoms with E-state index in [-0.39, 0.29) is 29.8 Å². The number of hydrogen-bond acceptors (Lipinski definition) is 5. The number of fused-ring (bicyclic) bond motifs is 1. The fourth-order valence-electron chi connectivity index (χ4n) is 3.21. The summed E-state index contributed by atoms with van der Waals surface area (Å²) in [4.78, 5) is 36.7. The van der Waals surface area contributed by atoms with Crippen molar-refractivity contribution in [3.05, 3.63) is 69.3 Å². The summed E-state index contributed by atoms with van der Waals surface area (Å²) >= 11 is 0. The smallest absolute Gasteiger partial charge is 0.338 e. The molecule has 0 aliphatic carbocycles. The van der Waals surface area contributed by atoms with Crippen molar-refractivity contribution in [3.8, 4) is 0 Å². The van der Waals surface area contributed by atoms with E-state index in [1.807, 2.05) is 31.2 Å². The molecule has 0 unspecified atom stereocenters. The molecule has 0 aromatic heterocycles. The van der Waals surface area contributed by atoms with Gasteiger partial charge in [0.25, 0.3) is 11.6 Å². The average Bonchev–Trinajstić information content (AvgIpc) is 2.94. The lowest BCUT2D eigenvalue weighted by Gasteiger charge is -2.22. The first-order valence-electron chi connectivity index (χ1n) is 8.20. The number of rotatable bonds is 4. The number of carbonyl (C=O) groups excluding carboxylic acids is 2. The fourth-order valence-corrected chi connectivity index (χ4v) is 3.21. The Morgan fingerprint density at radius 2 is 2.00 bits per heavy atom. The highest BCUT2D eigenvalue weighted by molar-refractivity contribution is 5.99. The number of aryl methyl sites for hydroxylation is 1. The molecular weight excluding hydrogens is 336 g/mol. The molecule has 1 amide bonds. The molecule has 0 fully saturated rings. The van der Waals surface area contributed by atoms with E-state index in [4.69, 9.17) is 4.74 Å². The molecule has 1 heterocycles. The van der Waals surface area contributed by atoms with Crippen LogP contribution in [0.25, 0.3) is 0 Å². The second-order valence-corrected chi connectivity index (χ2v) is 6.28. The number of benzene rings is 2. The van der Waals surface area contributed by atoms with Gasteiger partial charge in [0, 0.05) is 23.4 Å². The second-order valence-electron chi connectivity index (χ2n) is 6.28. The van der Waals surface area contributed by atoms with E-state index in [9.17, 15) is 19.7 Å². The van der Waals surface area contributed by atoms with Crippen molar-refractivity contribution >= 4 is 23.3 Å². The van der Waals surface area contributed by atoms with Gasteiger partial charge in [-0.3, -0.25) is 14.9 Å². The van der Waals surface area contributed by atoms with Crippen LogP contribution in [0.4, 0.5) is 11.4 Å². The minimum atomic E-state index is -0.684. The number of ether oxygens (including phenoxy) is 1. The third kappa shape index (κ3) is 3.28. The number of anilines is 1. The predicted octanol–water partition coefficient (Wildman–Crippen LogP) is 3.04. The summed E-state index contributed by atoms with van der Waals surface area (Å²) < 4.78 is 5.12. The van der Waals surface area contributed by atoms with Gasteiger partial charge in [-0.1, -0.05) is 18.2 Å². The van der Waals surface area contributed by atoms with Crippen LogP contribution in [0.15, 0.2) is 42.5 Å². The van der Waals surface area contributed by atoms with Gasteiger partial charge in [0.05, 0.1) is 10.5 Å². The Kier molecular flexibility index (Phi) is 4.71. The third-order valence-electron chi connectivity index (χ3n) is 4.43. The van der Waals surface area contributed by atoms with Gasteiger partial charge >= 0.3 is 5.97 Å². The predicted molar refractivity (Wildman–Crippen MR) is 95.2 cm³/mol. The maximum absolute atomic E-state index is 12.5. The number of hydrogen-bond donors (Lipinski definition) is 0. The van der Waals surface area contributed by atoms with Gasteiger partial charge in [0.2, 0.25) is 0 Å². The molecule has 2 aromatic carbocycles. The summed E-state index contributed by atoms with van der Waals surface area (Å²) in [5.74, 6) is -0.981. The molecule has 0 saturated heterocycles. The van der Waals surface area contributed by atoms with Gasteiger partial charge in [-0.05, 0) is 44.0 Å². The Hall–Kier alpha value is -3.22. The average molecular weight is 354 g/mol. The first kappa shape index (κ1) is 17.6. The van der Waals surface area contributed by atoms with Crippen LogP contribution in [0.2, 0.25) is 0 Å². The van der Waals surface area contributed by atoms with E-state index in [1.54, 1.807) is 11.8 Å². The Balaban J connectivity index is 1.67. The molecule has 1 aliphatic heterocycles. The number of esters is 1. The van der Waals surface area contributed by atoms with E-state index < -0.39 is 10.9 Å². The molecule has 0 spiro atoms. The Labute approximate surface area is 150 Å². The molecule has 1 atom stereocenters. The maximum Gasteiger partial charge on any atom is 0.338 e. The summed E-state index contributed by atoms with van der Waals surface area (Å²) in [6.07, 6.45) is 0.761. The van der Waals surface area contributed by atoms with Crippen LogP contribution >= 0.6 is 0 Å². The summed E-state index contributed by atoms with van der Waals surface area (Å²) in [5, 5.41) is 10.8. The topological polar surface area (TPSA) is 89.8 Å². The monoisotopic (exact) mass is 354 g/mol. The Morgan fingerprint density at radius 1 is 1.27 bits per heavy atom. The molecular formula is C19H18N2O5. The summed E-state index contributed by atoms with van der Waals surface area (Å²) in [6, 6.07) is 11.6. The third-order valence-corrected chi connectivity index (χ3v) is 4.43. The molecule has 0 N–H and O–H groups in total. The standard InChI is InChI=1S/C19H18N2O5/c1-12-9-15(7-8-16(12)21(24)25)19(23)26-11-18(22)20-13(2)10-14-5-3-4-6-17(14)20/h3-9,13H,10-11H2,1-2H3/t13-/m1/s1. The van der Waals surface area contributed by atoms with Crippen molar-refractivity contribution in [2.45, 2.75) is 26.3 Å². The Morgan fingerprint density at radius 3 is 2.69 bits per heavy atom. The lowest BCUT2D eigenvalue weighted by atomic mass is 10.1. The highest BCUT2D eigenvalue weighted by atomic mass is 16.6. The van der Waals surface area contributed by atoms with E-state index in [2.05, 4.69) is 0 Å². The number of nitro benzene ring substituents is 1. The molecule has 3 rings (SSSR count). The zero-order valence-electron chi connectivity index (χ0n) is 14.5. The van der Waals surface area contributed by atoms with Gasteiger partial charge in [0.1, 0.15) is 0 Å². The number of nitro groups is 1. The highest BCUT2D eigenvalue weighted by Crippen LogP contribution is 2.31. The van der Waals surface area contributed by atoms with Crippen molar-refractivity contribution in [1.82, 2.24) is 0 Å². The Bertz CT molecular complexity index is 893. The van der Waals surface area contributed by atoms with Crippen molar-refractivity contribution < 1.29 is 19.2 Å². The quantitative estimate of drug-likeness (QED) is 0.478. The first-order valence-corrected chi connectivity index (χ1v) is 8.20.